The molecule has 0 amide bonds. The second kappa shape index (κ2) is 7.06. The first-order valence-corrected chi connectivity index (χ1v) is 2.88. The minimum absolute atomic E-state index is 0. The van der Waals surface area contributed by atoms with Gasteiger partial charge in [0.1, 0.15) is 0 Å². The van der Waals surface area contributed by atoms with Gasteiger partial charge in [0.2, 0.25) is 0 Å². The van der Waals surface area contributed by atoms with Gasteiger partial charge in [0.15, 0.2) is 0 Å². The Labute approximate surface area is 115 Å². The molecule has 7 heteroatoms. The van der Waals surface area contributed by atoms with Gasteiger partial charge in [-0.05, 0) is 0 Å². The predicted molar refractivity (Wildman–Crippen MR) is 21.5 cm³/mol. The van der Waals surface area contributed by atoms with Gasteiger partial charge in [-0.25, -0.2) is 0 Å². The van der Waals surface area contributed by atoms with Crippen molar-refractivity contribution < 1.29 is 29.5 Å². The van der Waals surface area contributed by atoms with Crippen LogP contribution in [0, 0.1) is 0 Å². The molecule has 0 rings (SSSR count). The molecule has 0 heterocycles. The fraction of sp³-hybridized carbons (Fsp3) is 0. The van der Waals surface area contributed by atoms with Crippen molar-refractivity contribution in [1.29, 1.82) is 0 Å². The second-order valence-corrected chi connectivity index (χ2v) is 1.85. The molecule has 0 fully saturated rings. The van der Waals surface area contributed by atoms with Gasteiger partial charge in [-0.15, -0.1) is 0 Å². The van der Waals surface area contributed by atoms with Crippen LogP contribution in [0.5, 0.6) is 0 Å². The van der Waals surface area contributed by atoms with Gasteiger partial charge in [-0.1, -0.05) is 0 Å². The molecule has 0 bridgehead atoms. The van der Waals surface area contributed by atoms with Gasteiger partial charge in [-0.2, -0.15) is 0 Å². The van der Waals surface area contributed by atoms with Gasteiger partial charge in [0, 0.05) is 0 Å². The van der Waals surface area contributed by atoms with Gasteiger partial charge >= 0.3 is 119 Å². The van der Waals surface area contributed by atoms with E-state index in [4.69, 9.17) is 15.9 Å². The van der Waals surface area contributed by atoms with E-state index in [-0.39, 0.29) is 89.1 Å². The Balaban J connectivity index is -0.0000000800. The Kier molecular flexibility index (Phi) is 16.6. The van der Waals surface area contributed by atoms with Crippen LogP contribution in [0.15, 0.2) is 0 Å². The monoisotopic (exact) mass is 200 g/mol. The molecule has 0 aromatic rings. The van der Waals surface area contributed by atoms with Crippen LogP contribution >= 0.6 is 0 Å². The average Bonchev–Trinajstić information content (AvgIpc) is 0.722. The van der Waals surface area contributed by atoms with Crippen LogP contribution in [-0.2, 0) is 21.2 Å². The summed E-state index contributed by atoms with van der Waals surface area (Å²) in [7, 11) is 0. The fourth-order valence-electron chi connectivity index (χ4n) is 0. The van der Waals surface area contributed by atoms with E-state index in [2.05, 4.69) is 0 Å². The fourth-order valence-corrected chi connectivity index (χ4v) is 0. The van der Waals surface area contributed by atoms with Crippen molar-refractivity contribution in [2.24, 2.45) is 0 Å². The molecule has 0 aliphatic carbocycles. The molecule has 0 radical (unpaired) electrons. The van der Waals surface area contributed by atoms with E-state index in [9.17, 15) is 0 Å². The SMILES string of the molecule is [CaH2].[KH].[O]=[Cr](=[O])([OH])[OH]. The summed E-state index contributed by atoms with van der Waals surface area (Å²) in [5.74, 6) is 0. The topological polar surface area (TPSA) is 74.6 Å². The first-order valence-electron chi connectivity index (χ1n) is 0.698. The molecule has 4 nitrogen and oxygen atoms in total. The van der Waals surface area contributed by atoms with Crippen molar-refractivity contribution in [3.05, 3.63) is 0 Å². The summed E-state index contributed by atoms with van der Waals surface area (Å²) in [5, 5.41) is 0. The van der Waals surface area contributed by atoms with Crippen molar-refractivity contribution in [1.82, 2.24) is 0 Å². The van der Waals surface area contributed by atoms with E-state index in [0.29, 0.717) is 0 Å². The van der Waals surface area contributed by atoms with Gasteiger partial charge < -0.3 is 0 Å². The Hall–Kier alpha value is 2.95. The maximum atomic E-state index is 8.82. The van der Waals surface area contributed by atoms with Crippen molar-refractivity contribution in [3.8, 4) is 0 Å². The van der Waals surface area contributed by atoms with Crippen molar-refractivity contribution in [3.63, 3.8) is 0 Å². The standard InChI is InChI=1S/Ca.Cr.K.2H2O.2O.3H/h;;;2*1H2;;;;;/q;+2;;;;;;;;/p-2. The normalized spacial score (nSPS) is 8.29. The molecular formula is H5CaCrKO4. The molecule has 0 atom stereocenters. The molecule has 0 saturated carbocycles. The van der Waals surface area contributed by atoms with Gasteiger partial charge in [0.05, 0.1) is 0 Å². The summed E-state index contributed by atoms with van der Waals surface area (Å²) >= 11 is -5.25. The second-order valence-electron chi connectivity index (χ2n) is 0.448. The number of rotatable bonds is 0. The third-order valence-electron chi connectivity index (χ3n) is 0. The first-order chi connectivity index (χ1) is 2.00. The van der Waals surface area contributed by atoms with E-state index in [0.717, 1.165) is 0 Å². The van der Waals surface area contributed by atoms with E-state index < -0.39 is 13.6 Å². The Morgan fingerprint density at radius 1 is 1.14 bits per heavy atom. The van der Waals surface area contributed by atoms with E-state index in [1.54, 1.807) is 0 Å². The Bertz CT molecular complexity index is 94.9. The van der Waals surface area contributed by atoms with Gasteiger partial charge in [0.25, 0.3) is 0 Å². The molecular weight excluding hydrogens is 195 g/mol. The van der Waals surface area contributed by atoms with Gasteiger partial charge in [-0.3, -0.25) is 0 Å². The summed E-state index contributed by atoms with van der Waals surface area (Å²) < 4.78 is 31.9. The minimum atomic E-state index is -5.25. The first kappa shape index (κ1) is 16.5. The average molecular weight is 200 g/mol. The molecule has 0 aromatic carbocycles. The van der Waals surface area contributed by atoms with Crippen LogP contribution in [0.3, 0.4) is 0 Å². The number of hydrogen-bond donors (Lipinski definition) is 2. The molecule has 38 valence electrons. The van der Waals surface area contributed by atoms with Crippen LogP contribution in [-0.4, -0.2) is 97.4 Å². The van der Waals surface area contributed by atoms with Crippen LogP contribution in [0.4, 0.5) is 0 Å². The van der Waals surface area contributed by atoms with Crippen LogP contribution < -0.4 is 0 Å². The zero-order chi connectivity index (χ0) is 4.50. The Morgan fingerprint density at radius 3 is 1.14 bits per heavy atom. The van der Waals surface area contributed by atoms with Crippen LogP contribution in [0.25, 0.3) is 0 Å². The van der Waals surface area contributed by atoms with Crippen LogP contribution in [0.2, 0.25) is 0 Å². The van der Waals surface area contributed by atoms with Crippen molar-refractivity contribution in [2.75, 3.05) is 0 Å². The van der Waals surface area contributed by atoms with E-state index in [1.165, 1.54) is 0 Å². The predicted octanol–water partition coefficient (Wildman–Crippen LogP) is -2.92. The summed E-state index contributed by atoms with van der Waals surface area (Å²) in [6.07, 6.45) is 0. The van der Waals surface area contributed by atoms with Crippen molar-refractivity contribution in [2.45, 2.75) is 0 Å². The molecule has 0 unspecified atom stereocenters. The maximum absolute atomic E-state index is 8.82. The molecule has 0 spiro atoms. The molecule has 0 saturated heterocycles. The van der Waals surface area contributed by atoms with E-state index >= 15 is 0 Å². The summed E-state index contributed by atoms with van der Waals surface area (Å²) in [6.45, 7) is 0. The molecule has 0 aliphatic heterocycles. The van der Waals surface area contributed by atoms with E-state index in [1.807, 2.05) is 0 Å². The third-order valence-corrected chi connectivity index (χ3v) is 0. The zero-order valence-corrected chi connectivity index (χ0v) is 3.39. The molecule has 0 aliphatic rings. The quantitative estimate of drug-likeness (QED) is 0.411. The van der Waals surface area contributed by atoms with Crippen LogP contribution in [0.1, 0.15) is 0 Å². The third kappa shape index (κ3) is 49.7. The zero-order valence-electron chi connectivity index (χ0n) is 2.12. The molecule has 2 N–H and O–H groups in total. The summed E-state index contributed by atoms with van der Waals surface area (Å²) in [5.41, 5.74) is 0. The molecule has 0 aromatic heterocycles. The summed E-state index contributed by atoms with van der Waals surface area (Å²) in [6, 6.07) is 0. The molecule has 7 heavy (non-hydrogen) atoms. The summed E-state index contributed by atoms with van der Waals surface area (Å²) in [4.78, 5) is 0. The number of hydrogen-bond acceptors (Lipinski definition) is 2. The Morgan fingerprint density at radius 2 is 1.14 bits per heavy atom. The van der Waals surface area contributed by atoms with Crippen molar-refractivity contribution >= 4 is 89.1 Å².